The monoisotopic (exact) mass is 393 g/mol. The SMILES string of the molecule is [2H]c1c([2H])c([2H])c(-c2sc3cc(O)ccc3c2Oc2ccc(/C=C/C(=O)O)cc2)c([2H])c1[2H]. The van der Waals surface area contributed by atoms with Gasteiger partial charge in [-0.2, -0.15) is 0 Å². The van der Waals surface area contributed by atoms with E-state index in [9.17, 15) is 9.90 Å². The Kier molecular flexibility index (Phi) is 3.45. The molecule has 4 aromatic rings. The van der Waals surface area contributed by atoms with Gasteiger partial charge in [0.1, 0.15) is 11.5 Å². The molecule has 0 amide bonds. The summed E-state index contributed by atoms with van der Waals surface area (Å²) in [5, 5.41) is 19.3. The maximum absolute atomic E-state index is 10.7. The van der Waals surface area contributed by atoms with E-state index in [2.05, 4.69) is 0 Å². The summed E-state index contributed by atoms with van der Waals surface area (Å²) < 4.78 is 47.3. The number of hydrogen-bond acceptors (Lipinski definition) is 4. The van der Waals surface area contributed by atoms with Gasteiger partial charge >= 0.3 is 5.97 Å². The van der Waals surface area contributed by atoms with Gasteiger partial charge in [0.05, 0.1) is 11.7 Å². The Morgan fingerprint density at radius 3 is 2.54 bits per heavy atom. The molecule has 4 rings (SSSR count). The van der Waals surface area contributed by atoms with Crippen molar-refractivity contribution < 1.29 is 26.6 Å². The molecular formula is C23H16O4S. The summed E-state index contributed by atoms with van der Waals surface area (Å²) in [7, 11) is 0. The average molecular weight is 393 g/mol. The van der Waals surface area contributed by atoms with Gasteiger partial charge in [-0.05, 0) is 47.5 Å². The van der Waals surface area contributed by atoms with Crippen molar-refractivity contribution in [2.45, 2.75) is 0 Å². The van der Waals surface area contributed by atoms with Gasteiger partial charge in [-0.3, -0.25) is 0 Å². The van der Waals surface area contributed by atoms with Gasteiger partial charge in [-0.25, -0.2) is 4.79 Å². The predicted molar refractivity (Wildman–Crippen MR) is 112 cm³/mol. The second-order valence-electron chi connectivity index (χ2n) is 5.78. The molecule has 5 heteroatoms. The van der Waals surface area contributed by atoms with Crippen LogP contribution in [0.15, 0.2) is 78.8 Å². The highest BCUT2D eigenvalue weighted by Gasteiger charge is 2.16. The van der Waals surface area contributed by atoms with Crippen LogP contribution >= 0.6 is 11.3 Å². The molecule has 0 bridgehead atoms. The molecule has 4 nitrogen and oxygen atoms in total. The number of rotatable bonds is 5. The maximum atomic E-state index is 10.7. The smallest absolute Gasteiger partial charge is 0.328 e. The van der Waals surface area contributed by atoms with Crippen LogP contribution in [0.2, 0.25) is 0 Å². The molecule has 0 radical (unpaired) electrons. The first-order chi connectivity index (χ1) is 15.7. The number of ether oxygens (including phenoxy) is 1. The third kappa shape index (κ3) is 3.75. The number of benzene rings is 3. The topological polar surface area (TPSA) is 66.8 Å². The van der Waals surface area contributed by atoms with Crippen LogP contribution in [0, 0.1) is 0 Å². The second kappa shape index (κ2) is 7.58. The number of carbonyl (C=O) groups is 1. The summed E-state index contributed by atoms with van der Waals surface area (Å²) in [5.74, 6) is -0.338. The molecule has 3 aromatic carbocycles. The first-order valence-corrected chi connectivity index (χ1v) is 9.00. The van der Waals surface area contributed by atoms with Crippen LogP contribution in [-0.4, -0.2) is 16.2 Å². The lowest BCUT2D eigenvalue weighted by Crippen LogP contribution is -1.87. The van der Waals surface area contributed by atoms with E-state index in [-0.39, 0.29) is 23.4 Å². The molecule has 0 aliphatic rings. The van der Waals surface area contributed by atoms with Crippen molar-refractivity contribution >= 4 is 33.5 Å². The van der Waals surface area contributed by atoms with E-state index in [4.69, 9.17) is 16.7 Å². The van der Waals surface area contributed by atoms with Gasteiger partial charge in [-0.15, -0.1) is 11.3 Å². The van der Waals surface area contributed by atoms with Crippen LogP contribution in [0.4, 0.5) is 0 Å². The Labute approximate surface area is 172 Å². The fourth-order valence-corrected chi connectivity index (χ4v) is 3.74. The number of carboxylic acid groups (broad SMARTS) is 1. The van der Waals surface area contributed by atoms with E-state index in [0.29, 0.717) is 32.0 Å². The van der Waals surface area contributed by atoms with E-state index < -0.39 is 24.1 Å². The first kappa shape index (κ1) is 12.8. The predicted octanol–water partition coefficient (Wildman–Crippen LogP) is 6.16. The van der Waals surface area contributed by atoms with Crippen molar-refractivity contribution in [2.75, 3.05) is 0 Å². The van der Waals surface area contributed by atoms with E-state index in [0.717, 1.165) is 17.4 Å². The summed E-state index contributed by atoms with van der Waals surface area (Å²) in [6, 6.07) is 9.15. The molecule has 0 saturated carbocycles. The largest absolute Gasteiger partial charge is 0.508 e. The molecular weight excluding hydrogens is 372 g/mol. The lowest BCUT2D eigenvalue weighted by atomic mass is 10.1. The number of carboxylic acids is 1. The molecule has 0 spiro atoms. The van der Waals surface area contributed by atoms with Crippen molar-refractivity contribution in [3.05, 3.63) is 84.3 Å². The van der Waals surface area contributed by atoms with Gasteiger partial charge in [0.2, 0.25) is 0 Å². The van der Waals surface area contributed by atoms with Crippen LogP contribution in [0.3, 0.4) is 0 Å². The number of thiophene rings is 1. The first-order valence-electron chi connectivity index (χ1n) is 10.7. The minimum absolute atomic E-state index is 0.0118. The summed E-state index contributed by atoms with van der Waals surface area (Å²) >= 11 is 1.15. The van der Waals surface area contributed by atoms with Gasteiger partial charge in [-0.1, -0.05) is 42.3 Å². The van der Waals surface area contributed by atoms with E-state index in [1.807, 2.05) is 0 Å². The Hall–Kier alpha value is -3.57. The van der Waals surface area contributed by atoms with Crippen LogP contribution in [0.25, 0.3) is 26.6 Å². The number of aromatic hydroxyl groups is 1. The van der Waals surface area contributed by atoms with E-state index >= 15 is 0 Å². The standard InChI is InChI=1S/C23H16O4S/c24-17-9-12-19-20(14-17)28-23(16-4-2-1-3-5-16)22(19)27-18-10-6-15(7-11-18)8-13-21(25)26/h1-14,24H,(H,25,26)/b13-8+/i1D,2D,3D,4D,5D. The summed E-state index contributed by atoms with van der Waals surface area (Å²) in [5.41, 5.74) is 0.661. The van der Waals surface area contributed by atoms with Crippen molar-refractivity contribution in [2.24, 2.45) is 0 Å². The number of hydrogen-bond donors (Lipinski definition) is 2. The fourth-order valence-electron chi connectivity index (χ4n) is 2.62. The fraction of sp³-hybridized carbons (Fsp3) is 0. The van der Waals surface area contributed by atoms with E-state index in [1.54, 1.807) is 30.3 Å². The third-order valence-corrected chi connectivity index (χ3v) is 5.02. The highest BCUT2D eigenvalue weighted by Crippen LogP contribution is 2.47. The molecule has 1 heterocycles. The quantitative estimate of drug-likeness (QED) is 0.398. The summed E-state index contributed by atoms with van der Waals surface area (Å²) in [4.78, 5) is 11.0. The molecule has 1 aromatic heterocycles. The highest BCUT2D eigenvalue weighted by atomic mass is 32.1. The van der Waals surface area contributed by atoms with Crippen molar-refractivity contribution in [3.63, 3.8) is 0 Å². The van der Waals surface area contributed by atoms with Crippen molar-refractivity contribution in [1.29, 1.82) is 0 Å². The lowest BCUT2D eigenvalue weighted by Gasteiger charge is -2.08. The Morgan fingerprint density at radius 1 is 1.07 bits per heavy atom. The zero-order chi connectivity index (χ0) is 23.9. The molecule has 0 atom stereocenters. The molecule has 0 saturated heterocycles. The molecule has 2 N–H and O–H groups in total. The Bertz CT molecular complexity index is 1400. The molecule has 28 heavy (non-hydrogen) atoms. The van der Waals surface area contributed by atoms with Gasteiger partial charge in [0, 0.05) is 16.2 Å². The lowest BCUT2D eigenvalue weighted by molar-refractivity contribution is -0.131. The van der Waals surface area contributed by atoms with Gasteiger partial charge < -0.3 is 14.9 Å². The van der Waals surface area contributed by atoms with Crippen LogP contribution in [0.5, 0.6) is 17.2 Å². The van der Waals surface area contributed by atoms with Gasteiger partial charge in [0.25, 0.3) is 0 Å². The number of phenolic OH excluding ortho intramolecular Hbond substituents is 1. The van der Waals surface area contributed by atoms with Gasteiger partial charge in [0.15, 0.2) is 5.75 Å². The van der Waals surface area contributed by atoms with E-state index in [1.165, 1.54) is 18.2 Å². The molecule has 138 valence electrons. The number of phenols is 1. The zero-order valence-corrected chi connectivity index (χ0v) is 15.1. The Balaban J connectivity index is 1.88. The van der Waals surface area contributed by atoms with Crippen LogP contribution < -0.4 is 4.74 Å². The van der Waals surface area contributed by atoms with Crippen LogP contribution in [0.1, 0.15) is 12.4 Å². The van der Waals surface area contributed by atoms with Crippen LogP contribution in [-0.2, 0) is 4.79 Å². The third-order valence-electron chi connectivity index (χ3n) is 3.87. The Morgan fingerprint density at radius 2 is 1.82 bits per heavy atom. The highest BCUT2D eigenvalue weighted by molar-refractivity contribution is 7.22. The molecule has 0 unspecified atom stereocenters. The van der Waals surface area contributed by atoms with Crippen molar-refractivity contribution in [3.8, 4) is 27.7 Å². The minimum Gasteiger partial charge on any atom is -0.508 e. The number of fused-ring (bicyclic) bond motifs is 1. The average Bonchev–Trinajstić information content (AvgIpc) is 3.12. The van der Waals surface area contributed by atoms with Crippen molar-refractivity contribution in [1.82, 2.24) is 0 Å². The number of aliphatic carboxylic acids is 1. The molecule has 0 aliphatic carbocycles. The second-order valence-corrected chi connectivity index (χ2v) is 6.84. The summed E-state index contributed by atoms with van der Waals surface area (Å²) in [6.45, 7) is 0. The normalized spacial score (nSPS) is 13.6. The maximum Gasteiger partial charge on any atom is 0.328 e. The molecule has 0 aliphatic heterocycles. The zero-order valence-electron chi connectivity index (χ0n) is 19.3. The summed E-state index contributed by atoms with van der Waals surface area (Å²) in [6.07, 6.45) is 2.46. The molecule has 0 fully saturated rings. The minimum atomic E-state index is -1.06.